The van der Waals surface area contributed by atoms with Gasteiger partial charge in [0.05, 0.1) is 12.0 Å². The van der Waals surface area contributed by atoms with E-state index in [0.29, 0.717) is 25.3 Å². The van der Waals surface area contributed by atoms with E-state index in [4.69, 9.17) is 14.6 Å². The number of carbonyl (C=O) groups is 2. The van der Waals surface area contributed by atoms with Crippen LogP contribution in [0.1, 0.15) is 35.3 Å². The highest BCUT2D eigenvalue weighted by Gasteiger charge is 2.24. The Morgan fingerprint density at radius 2 is 1.81 bits per heavy atom. The van der Waals surface area contributed by atoms with Crippen LogP contribution in [0.15, 0.2) is 42.5 Å². The van der Waals surface area contributed by atoms with Crippen molar-refractivity contribution in [2.24, 2.45) is 0 Å². The lowest BCUT2D eigenvalue weighted by atomic mass is 9.84. The quantitative estimate of drug-likeness (QED) is 0.818. The molecule has 142 valence electrons. The topological polar surface area (TPSA) is 84.9 Å². The number of fused-ring (bicyclic) bond motifs is 1. The first-order chi connectivity index (χ1) is 12.8. The van der Waals surface area contributed by atoms with Crippen molar-refractivity contribution in [1.29, 1.82) is 0 Å². The molecule has 2 aromatic rings. The summed E-state index contributed by atoms with van der Waals surface area (Å²) in [5.41, 5.74) is 1.59. The third kappa shape index (κ3) is 4.58. The number of aromatic carboxylic acids is 1. The number of hydrogen-bond donors (Lipinski definition) is 2. The highest BCUT2D eigenvalue weighted by atomic mass is 16.6. The number of benzene rings is 2. The second-order valence-electron chi connectivity index (χ2n) is 7.20. The fraction of sp³-hybridized carbons (Fsp3) is 0.333. The van der Waals surface area contributed by atoms with Crippen molar-refractivity contribution in [3.8, 4) is 11.5 Å². The zero-order valence-electron chi connectivity index (χ0n) is 15.5. The van der Waals surface area contributed by atoms with Gasteiger partial charge in [0.25, 0.3) is 0 Å². The highest BCUT2D eigenvalue weighted by Crippen LogP contribution is 2.34. The molecule has 0 aliphatic carbocycles. The largest absolute Gasteiger partial charge is 0.486 e. The predicted molar refractivity (Wildman–Crippen MR) is 101 cm³/mol. The van der Waals surface area contributed by atoms with Gasteiger partial charge in [-0.1, -0.05) is 32.0 Å². The van der Waals surface area contributed by atoms with Gasteiger partial charge in [0.1, 0.15) is 13.2 Å². The Hall–Kier alpha value is -3.02. The normalized spacial score (nSPS) is 13.1. The summed E-state index contributed by atoms with van der Waals surface area (Å²) in [7, 11) is 0. The van der Waals surface area contributed by atoms with Crippen molar-refractivity contribution >= 4 is 11.9 Å². The second kappa shape index (κ2) is 7.70. The van der Waals surface area contributed by atoms with E-state index in [0.717, 1.165) is 17.1 Å². The molecular formula is C21H23NO5. The van der Waals surface area contributed by atoms with Crippen molar-refractivity contribution in [2.75, 3.05) is 19.8 Å². The average Bonchev–Trinajstić information content (AvgIpc) is 2.66. The maximum absolute atomic E-state index is 12.3. The summed E-state index contributed by atoms with van der Waals surface area (Å²) in [6.45, 7) is 5.62. The summed E-state index contributed by atoms with van der Waals surface area (Å²) in [5, 5.41) is 12.0. The zero-order valence-corrected chi connectivity index (χ0v) is 15.5. The van der Waals surface area contributed by atoms with Crippen LogP contribution >= 0.6 is 0 Å². The first-order valence-corrected chi connectivity index (χ1v) is 8.84. The van der Waals surface area contributed by atoms with Gasteiger partial charge in [-0.05, 0) is 35.4 Å². The van der Waals surface area contributed by atoms with Crippen molar-refractivity contribution in [3.05, 3.63) is 59.2 Å². The van der Waals surface area contributed by atoms with E-state index in [1.807, 2.05) is 32.0 Å². The van der Waals surface area contributed by atoms with Gasteiger partial charge < -0.3 is 19.9 Å². The maximum Gasteiger partial charge on any atom is 0.335 e. The molecule has 0 unspecified atom stereocenters. The van der Waals surface area contributed by atoms with E-state index >= 15 is 0 Å². The molecule has 27 heavy (non-hydrogen) atoms. The van der Waals surface area contributed by atoms with Crippen molar-refractivity contribution < 1.29 is 24.2 Å². The van der Waals surface area contributed by atoms with Crippen LogP contribution < -0.4 is 14.8 Å². The molecule has 0 atom stereocenters. The van der Waals surface area contributed by atoms with Crippen molar-refractivity contribution in [1.82, 2.24) is 5.32 Å². The van der Waals surface area contributed by atoms with Crippen LogP contribution in [0.4, 0.5) is 0 Å². The minimum atomic E-state index is -1.00. The molecule has 2 aromatic carbocycles. The summed E-state index contributed by atoms with van der Waals surface area (Å²) in [6.07, 6.45) is 0.137. The van der Waals surface area contributed by atoms with E-state index in [-0.39, 0.29) is 23.3 Å². The van der Waals surface area contributed by atoms with Gasteiger partial charge in [-0.3, -0.25) is 4.79 Å². The van der Waals surface area contributed by atoms with Gasteiger partial charge in [0, 0.05) is 12.0 Å². The van der Waals surface area contributed by atoms with Gasteiger partial charge in [-0.15, -0.1) is 0 Å². The molecule has 0 saturated heterocycles. The molecule has 0 spiro atoms. The Morgan fingerprint density at radius 1 is 1.07 bits per heavy atom. The molecule has 1 amide bonds. The zero-order chi connectivity index (χ0) is 19.4. The third-order valence-corrected chi connectivity index (χ3v) is 4.59. The lowest BCUT2D eigenvalue weighted by Crippen LogP contribution is -2.37. The molecule has 2 N–H and O–H groups in total. The maximum atomic E-state index is 12.3. The van der Waals surface area contributed by atoms with Crippen LogP contribution in [0.25, 0.3) is 0 Å². The molecule has 0 aromatic heterocycles. The summed E-state index contributed by atoms with van der Waals surface area (Å²) in [4.78, 5) is 23.3. The molecule has 6 heteroatoms. The average molecular weight is 369 g/mol. The summed E-state index contributed by atoms with van der Waals surface area (Å²) >= 11 is 0. The van der Waals surface area contributed by atoms with E-state index in [2.05, 4.69) is 5.32 Å². The number of carboxylic acid groups (broad SMARTS) is 1. The Labute approximate surface area is 158 Å². The molecule has 1 heterocycles. The predicted octanol–water partition coefficient (Wildman–Crippen LogP) is 2.79. The second-order valence-corrected chi connectivity index (χ2v) is 7.20. The van der Waals surface area contributed by atoms with Gasteiger partial charge in [-0.25, -0.2) is 4.79 Å². The molecule has 0 radical (unpaired) electrons. The Kier molecular flexibility index (Phi) is 5.35. The van der Waals surface area contributed by atoms with Crippen LogP contribution in [0.3, 0.4) is 0 Å². The van der Waals surface area contributed by atoms with Crippen LogP contribution in [0.2, 0.25) is 0 Å². The van der Waals surface area contributed by atoms with Gasteiger partial charge >= 0.3 is 5.97 Å². The monoisotopic (exact) mass is 369 g/mol. The Balaban J connectivity index is 1.62. The first-order valence-electron chi connectivity index (χ1n) is 8.84. The lowest BCUT2D eigenvalue weighted by Gasteiger charge is -2.28. The number of ether oxygens (including phenoxy) is 2. The summed E-state index contributed by atoms with van der Waals surface area (Å²) < 4.78 is 11.2. The fourth-order valence-electron chi connectivity index (χ4n) is 2.95. The van der Waals surface area contributed by atoms with Crippen molar-refractivity contribution in [2.45, 2.75) is 25.7 Å². The van der Waals surface area contributed by atoms with Crippen LogP contribution in [-0.2, 0) is 16.6 Å². The Morgan fingerprint density at radius 3 is 2.56 bits per heavy atom. The van der Waals surface area contributed by atoms with E-state index in [1.54, 1.807) is 12.1 Å². The van der Waals surface area contributed by atoms with Crippen LogP contribution in [0, 0.1) is 0 Å². The summed E-state index contributed by atoms with van der Waals surface area (Å²) in [6, 6.07) is 12.3. The van der Waals surface area contributed by atoms with E-state index in [9.17, 15) is 9.59 Å². The molecule has 0 fully saturated rings. The molecular weight excluding hydrogens is 346 g/mol. The van der Waals surface area contributed by atoms with Crippen molar-refractivity contribution in [3.63, 3.8) is 0 Å². The molecule has 6 nitrogen and oxygen atoms in total. The molecule has 1 aliphatic rings. The van der Waals surface area contributed by atoms with E-state index < -0.39 is 5.97 Å². The molecule has 3 rings (SSSR count). The molecule has 0 saturated carbocycles. The van der Waals surface area contributed by atoms with Crippen LogP contribution in [0.5, 0.6) is 11.5 Å². The Bertz CT molecular complexity index is 859. The number of hydrogen-bond acceptors (Lipinski definition) is 4. The number of carboxylic acids is 1. The molecule has 0 bridgehead atoms. The smallest absolute Gasteiger partial charge is 0.335 e. The first kappa shape index (κ1) is 18.8. The standard InChI is InChI=1S/C21H23NO5/c1-21(2,16-6-7-17-18(12-16)27-9-8-26-17)13-22-19(23)11-14-4-3-5-15(10-14)20(24)25/h3-7,10,12H,8-9,11,13H2,1-2H3,(H,22,23)(H,24,25). The molecule has 1 aliphatic heterocycles. The lowest BCUT2D eigenvalue weighted by molar-refractivity contribution is -0.120. The van der Waals surface area contributed by atoms with Gasteiger partial charge in [-0.2, -0.15) is 0 Å². The number of carbonyl (C=O) groups excluding carboxylic acids is 1. The minimum absolute atomic E-state index is 0.137. The fourth-order valence-corrected chi connectivity index (χ4v) is 2.95. The minimum Gasteiger partial charge on any atom is -0.486 e. The number of rotatable bonds is 6. The highest BCUT2D eigenvalue weighted by molar-refractivity contribution is 5.88. The summed E-state index contributed by atoms with van der Waals surface area (Å²) in [5.74, 6) is 0.312. The number of amides is 1. The third-order valence-electron chi connectivity index (χ3n) is 4.59. The SMILES string of the molecule is CC(C)(CNC(=O)Cc1cccc(C(=O)O)c1)c1ccc2c(c1)OCCO2. The van der Waals surface area contributed by atoms with Gasteiger partial charge in [0.2, 0.25) is 5.91 Å². The number of nitrogens with one attached hydrogen (secondary N) is 1. The van der Waals surface area contributed by atoms with E-state index in [1.165, 1.54) is 12.1 Å². The van der Waals surface area contributed by atoms with Gasteiger partial charge in [0.15, 0.2) is 11.5 Å². The van der Waals surface area contributed by atoms with Crippen LogP contribution in [-0.4, -0.2) is 36.7 Å².